The van der Waals surface area contributed by atoms with Crippen molar-refractivity contribution in [2.45, 2.75) is 32.2 Å². The molecular weight excluding hydrogens is 242 g/mol. The van der Waals surface area contributed by atoms with Crippen molar-refractivity contribution in [2.75, 3.05) is 45.9 Å². The molecule has 2 rings (SSSR count). The summed E-state index contributed by atoms with van der Waals surface area (Å²) in [6, 6.07) is 0. The minimum Gasteiger partial charge on any atom is -0.396 e. The first kappa shape index (κ1) is 14.8. The van der Waals surface area contributed by atoms with Crippen LogP contribution in [0.15, 0.2) is 0 Å². The monoisotopic (exact) mass is 269 g/mol. The van der Waals surface area contributed by atoms with Gasteiger partial charge in [0.25, 0.3) is 0 Å². The summed E-state index contributed by atoms with van der Waals surface area (Å²) in [5.41, 5.74) is -0.407. The maximum Gasteiger partial charge on any atom is 0.242 e. The number of carbonyl (C=O) groups is 1. The van der Waals surface area contributed by atoms with Crippen LogP contribution < -0.4 is 5.32 Å². The number of hydrogen-bond acceptors (Lipinski definition) is 4. The third kappa shape index (κ3) is 3.27. The summed E-state index contributed by atoms with van der Waals surface area (Å²) in [6.45, 7) is 9.77. The van der Waals surface area contributed by atoms with Gasteiger partial charge >= 0.3 is 0 Å². The number of nitrogens with one attached hydrogen (secondary N) is 1. The Morgan fingerprint density at radius 1 is 1.32 bits per heavy atom. The largest absolute Gasteiger partial charge is 0.396 e. The Hall–Kier alpha value is -0.650. The molecule has 0 aromatic heterocycles. The Morgan fingerprint density at radius 3 is 2.63 bits per heavy atom. The van der Waals surface area contributed by atoms with E-state index in [0.717, 1.165) is 52.1 Å². The Bertz CT molecular complexity index is 314. The summed E-state index contributed by atoms with van der Waals surface area (Å²) >= 11 is 0. The van der Waals surface area contributed by atoms with Crippen LogP contribution in [-0.4, -0.2) is 72.2 Å². The molecule has 2 aliphatic rings. The predicted molar refractivity (Wildman–Crippen MR) is 74.9 cm³/mol. The number of aliphatic hydroxyl groups excluding tert-OH is 1. The molecule has 0 saturated carbocycles. The molecule has 0 radical (unpaired) electrons. The average molecular weight is 269 g/mol. The topological polar surface area (TPSA) is 55.8 Å². The lowest BCUT2D eigenvalue weighted by atomic mass is 9.99. The number of likely N-dealkylation sites (tertiary alicyclic amines) is 1. The van der Waals surface area contributed by atoms with Crippen molar-refractivity contribution in [2.24, 2.45) is 5.92 Å². The molecule has 0 bridgehead atoms. The fourth-order valence-corrected chi connectivity index (χ4v) is 3.18. The second kappa shape index (κ2) is 6.20. The zero-order valence-electron chi connectivity index (χ0n) is 12.2. The van der Waals surface area contributed by atoms with E-state index < -0.39 is 5.54 Å². The fraction of sp³-hybridized carbons (Fsp3) is 0.929. The molecule has 0 spiro atoms. The lowest BCUT2D eigenvalue weighted by Crippen LogP contribution is -2.60. The minimum absolute atomic E-state index is 0.230. The third-order valence-electron chi connectivity index (χ3n) is 4.54. The van der Waals surface area contributed by atoms with Crippen molar-refractivity contribution < 1.29 is 9.90 Å². The van der Waals surface area contributed by atoms with Gasteiger partial charge in [-0.1, -0.05) is 0 Å². The summed E-state index contributed by atoms with van der Waals surface area (Å²) in [5, 5.41) is 12.3. The first-order valence-electron chi connectivity index (χ1n) is 7.41. The van der Waals surface area contributed by atoms with Crippen molar-refractivity contribution in [1.82, 2.24) is 15.1 Å². The van der Waals surface area contributed by atoms with Crippen LogP contribution in [0.5, 0.6) is 0 Å². The van der Waals surface area contributed by atoms with E-state index in [1.807, 2.05) is 18.7 Å². The number of aliphatic hydroxyl groups is 1. The van der Waals surface area contributed by atoms with Gasteiger partial charge in [0.05, 0.1) is 5.54 Å². The van der Waals surface area contributed by atoms with Crippen LogP contribution in [0.2, 0.25) is 0 Å². The molecule has 0 aromatic rings. The van der Waals surface area contributed by atoms with E-state index in [4.69, 9.17) is 5.11 Å². The number of rotatable bonds is 4. The average Bonchev–Trinajstić information content (AvgIpc) is 2.88. The zero-order chi connectivity index (χ0) is 13.9. The van der Waals surface area contributed by atoms with Crippen LogP contribution in [0.4, 0.5) is 0 Å². The number of amides is 1. The van der Waals surface area contributed by atoms with E-state index in [-0.39, 0.29) is 12.5 Å². The standard InChI is InChI=1S/C14H27N3O2/c1-14(2,17-8-5-15-6-9-17)13(19)16-7-3-12(11-16)4-10-18/h12,15,18H,3-11H2,1-2H3. The summed E-state index contributed by atoms with van der Waals surface area (Å²) in [7, 11) is 0. The van der Waals surface area contributed by atoms with Crippen molar-refractivity contribution in [3.8, 4) is 0 Å². The zero-order valence-corrected chi connectivity index (χ0v) is 12.2. The second-order valence-electron chi connectivity index (χ2n) is 6.21. The smallest absolute Gasteiger partial charge is 0.242 e. The van der Waals surface area contributed by atoms with Gasteiger partial charge in [0, 0.05) is 45.9 Å². The van der Waals surface area contributed by atoms with Crippen LogP contribution in [0.3, 0.4) is 0 Å². The quantitative estimate of drug-likeness (QED) is 0.748. The Balaban J connectivity index is 1.94. The lowest BCUT2D eigenvalue weighted by Gasteiger charge is -2.41. The van der Waals surface area contributed by atoms with Gasteiger partial charge in [0.1, 0.15) is 0 Å². The van der Waals surface area contributed by atoms with Crippen molar-refractivity contribution in [3.63, 3.8) is 0 Å². The van der Waals surface area contributed by atoms with Crippen molar-refractivity contribution >= 4 is 5.91 Å². The molecule has 1 atom stereocenters. The molecular formula is C14H27N3O2. The lowest BCUT2D eigenvalue weighted by molar-refractivity contribution is -0.142. The van der Waals surface area contributed by atoms with E-state index in [0.29, 0.717) is 5.92 Å². The van der Waals surface area contributed by atoms with Gasteiger partial charge in [-0.3, -0.25) is 9.69 Å². The molecule has 19 heavy (non-hydrogen) atoms. The van der Waals surface area contributed by atoms with E-state index in [1.165, 1.54) is 0 Å². The molecule has 1 amide bonds. The predicted octanol–water partition coefficient (Wildman–Crippen LogP) is -0.0989. The van der Waals surface area contributed by atoms with Crippen LogP contribution in [0, 0.1) is 5.92 Å². The van der Waals surface area contributed by atoms with E-state index in [1.54, 1.807) is 0 Å². The molecule has 2 aliphatic heterocycles. The molecule has 5 heteroatoms. The summed E-state index contributed by atoms with van der Waals surface area (Å²) in [4.78, 5) is 17.0. The van der Waals surface area contributed by atoms with Crippen LogP contribution in [0.1, 0.15) is 26.7 Å². The molecule has 1 unspecified atom stereocenters. The van der Waals surface area contributed by atoms with E-state index in [2.05, 4.69) is 10.2 Å². The fourth-order valence-electron chi connectivity index (χ4n) is 3.18. The van der Waals surface area contributed by atoms with E-state index in [9.17, 15) is 4.79 Å². The highest BCUT2D eigenvalue weighted by atomic mass is 16.3. The minimum atomic E-state index is -0.407. The summed E-state index contributed by atoms with van der Waals surface area (Å²) in [5.74, 6) is 0.725. The number of piperazine rings is 1. The number of hydrogen-bond donors (Lipinski definition) is 2. The molecule has 2 N–H and O–H groups in total. The molecule has 0 aromatic carbocycles. The Kier molecular flexibility index (Phi) is 4.81. The maximum absolute atomic E-state index is 12.7. The van der Waals surface area contributed by atoms with Crippen LogP contribution in [0.25, 0.3) is 0 Å². The molecule has 2 fully saturated rings. The highest BCUT2D eigenvalue weighted by Crippen LogP contribution is 2.25. The Labute approximate surface area is 115 Å². The van der Waals surface area contributed by atoms with E-state index >= 15 is 0 Å². The normalized spacial score (nSPS) is 25.8. The van der Waals surface area contributed by atoms with Crippen molar-refractivity contribution in [1.29, 1.82) is 0 Å². The highest BCUT2D eigenvalue weighted by molar-refractivity contribution is 5.85. The van der Waals surface area contributed by atoms with Gasteiger partial charge in [0.15, 0.2) is 0 Å². The molecule has 110 valence electrons. The summed E-state index contributed by atoms with van der Waals surface area (Å²) < 4.78 is 0. The SMILES string of the molecule is CC(C)(C(=O)N1CCC(CCO)C1)N1CCNCC1. The van der Waals surface area contributed by atoms with Gasteiger partial charge in [-0.15, -0.1) is 0 Å². The van der Waals surface area contributed by atoms with Crippen LogP contribution >= 0.6 is 0 Å². The molecule has 0 aliphatic carbocycles. The molecule has 2 heterocycles. The van der Waals surface area contributed by atoms with Crippen LogP contribution in [-0.2, 0) is 4.79 Å². The molecule has 5 nitrogen and oxygen atoms in total. The first-order valence-corrected chi connectivity index (χ1v) is 7.41. The van der Waals surface area contributed by atoms with Gasteiger partial charge in [-0.05, 0) is 32.6 Å². The van der Waals surface area contributed by atoms with Gasteiger partial charge < -0.3 is 15.3 Å². The number of carbonyl (C=O) groups excluding carboxylic acids is 1. The number of nitrogens with zero attached hydrogens (tertiary/aromatic N) is 2. The Morgan fingerprint density at radius 2 is 2.00 bits per heavy atom. The van der Waals surface area contributed by atoms with Gasteiger partial charge in [0.2, 0.25) is 5.91 Å². The van der Waals surface area contributed by atoms with Gasteiger partial charge in [-0.2, -0.15) is 0 Å². The third-order valence-corrected chi connectivity index (χ3v) is 4.54. The maximum atomic E-state index is 12.7. The highest BCUT2D eigenvalue weighted by Gasteiger charge is 2.40. The second-order valence-corrected chi connectivity index (χ2v) is 6.21. The van der Waals surface area contributed by atoms with Crippen molar-refractivity contribution in [3.05, 3.63) is 0 Å². The first-order chi connectivity index (χ1) is 9.05. The van der Waals surface area contributed by atoms with Gasteiger partial charge in [-0.25, -0.2) is 0 Å². The molecule has 2 saturated heterocycles. The summed E-state index contributed by atoms with van der Waals surface area (Å²) in [6.07, 6.45) is 1.85.